The van der Waals surface area contributed by atoms with Crippen molar-refractivity contribution in [1.29, 1.82) is 0 Å². The number of rotatable bonds is 4. The van der Waals surface area contributed by atoms with Gasteiger partial charge in [0.25, 0.3) is 0 Å². The molecule has 1 aliphatic rings. The lowest BCUT2D eigenvalue weighted by molar-refractivity contribution is 0.852. The molecule has 0 atom stereocenters. The zero-order valence-electron chi connectivity index (χ0n) is 12.3. The van der Waals surface area contributed by atoms with Gasteiger partial charge in [-0.25, -0.2) is 9.97 Å². The van der Waals surface area contributed by atoms with Crippen LogP contribution in [0.25, 0.3) is 6.08 Å². The highest BCUT2D eigenvalue weighted by Crippen LogP contribution is 2.26. The average Bonchev–Trinajstić information content (AvgIpc) is 2.47. The Labute approximate surface area is 124 Å². The fraction of sp³-hybridized carbons (Fsp3) is 0.250. The molecule has 2 aromatic rings. The third-order valence-electron chi connectivity index (χ3n) is 3.33. The molecule has 3 rings (SSSR count). The first-order valence-electron chi connectivity index (χ1n) is 7.13. The Hall–Kier alpha value is -2.56. The first-order chi connectivity index (χ1) is 10.3. The van der Waals surface area contributed by atoms with Crippen LogP contribution >= 0.6 is 0 Å². The van der Waals surface area contributed by atoms with Crippen molar-refractivity contribution in [3.05, 3.63) is 47.3 Å². The van der Waals surface area contributed by atoms with Crippen LogP contribution in [0.5, 0.6) is 0 Å². The second-order valence-electron chi connectivity index (χ2n) is 5.01. The third kappa shape index (κ3) is 2.97. The van der Waals surface area contributed by atoms with Crippen molar-refractivity contribution in [2.75, 3.05) is 17.2 Å². The molecule has 3 heterocycles. The van der Waals surface area contributed by atoms with Gasteiger partial charge < -0.3 is 16.0 Å². The van der Waals surface area contributed by atoms with Gasteiger partial charge in [-0.3, -0.25) is 0 Å². The highest BCUT2D eigenvalue weighted by molar-refractivity contribution is 5.69. The van der Waals surface area contributed by atoms with Gasteiger partial charge in [-0.05, 0) is 55.4 Å². The quantitative estimate of drug-likeness (QED) is 0.804. The molecule has 21 heavy (non-hydrogen) atoms. The lowest BCUT2D eigenvalue weighted by Crippen LogP contribution is -2.15. The number of nitrogens with zero attached hydrogens (tertiary/aromatic N) is 2. The second-order valence-corrected chi connectivity index (χ2v) is 5.01. The minimum Gasteiger partial charge on any atom is -0.387 e. The van der Waals surface area contributed by atoms with Crippen LogP contribution in [0.15, 0.2) is 30.6 Å². The Kier molecular flexibility index (Phi) is 3.73. The van der Waals surface area contributed by atoms with E-state index in [1.165, 1.54) is 16.7 Å². The van der Waals surface area contributed by atoms with Gasteiger partial charge in [0.15, 0.2) is 0 Å². The van der Waals surface area contributed by atoms with Crippen LogP contribution in [0.1, 0.15) is 23.6 Å². The molecule has 0 radical (unpaired) electrons. The second kappa shape index (κ2) is 5.83. The Morgan fingerprint density at radius 2 is 2.19 bits per heavy atom. The van der Waals surface area contributed by atoms with Gasteiger partial charge in [0.1, 0.15) is 17.5 Å². The van der Waals surface area contributed by atoms with E-state index in [-0.39, 0.29) is 0 Å². The largest absolute Gasteiger partial charge is 0.387 e. The number of anilines is 3. The molecule has 2 aromatic heterocycles. The van der Waals surface area contributed by atoms with Crippen molar-refractivity contribution in [2.24, 2.45) is 0 Å². The molecule has 5 heteroatoms. The molecular weight excluding hydrogens is 262 g/mol. The minimum absolute atomic E-state index is 0.796. The topological polar surface area (TPSA) is 61.9 Å². The van der Waals surface area contributed by atoms with Gasteiger partial charge in [-0.2, -0.15) is 0 Å². The summed E-state index contributed by atoms with van der Waals surface area (Å²) in [5.74, 6) is 2.53. The molecule has 5 nitrogen and oxygen atoms in total. The zero-order chi connectivity index (χ0) is 14.7. The monoisotopic (exact) mass is 281 g/mol. The third-order valence-corrected chi connectivity index (χ3v) is 3.33. The maximum Gasteiger partial charge on any atom is 0.134 e. The summed E-state index contributed by atoms with van der Waals surface area (Å²) >= 11 is 0. The van der Waals surface area contributed by atoms with Gasteiger partial charge in [0.2, 0.25) is 0 Å². The molecule has 0 bridgehead atoms. The van der Waals surface area contributed by atoms with Crippen molar-refractivity contribution in [2.45, 2.75) is 20.4 Å². The van der Waals surface area contributed by atoms with Crippen LogP contribution in [0.3, 0.4) is 0 Å². The first-order valence-corrected chi connectivity index (χ1v) is 7.13. The predicted molar refractivity (Wildman–Crippen MR) is 86.5 cm³/mol. The highest BCUT2D eigenvalue weighted by atomic mass is 15.1. The van der Waals surface area contributed by atoms with Crippen molar-refractivity contribution in [3.8, 4) is 0 Å². The summed E-state index contributed by atoms with van der Waals surface area (Å²) in [7, 11) is 0. The van der Waals surface area contributed by atoms with Gasteiger partial charge in [0, 0.05) is 24.8 Å². The maximum absolute atomic E-state index is 4.66. The maximum atomic E-state index is 4.66. The predicted octanol–water partition coefficient (Wildman–Crippen LogP) is 3.03. The van der Waals surface area contributed by atoms with E-state index >= 15 is 0 Å². The van der Waals surface area contributed by atoms with Crippen LogP contribution < -0.4 is 16.0 Å². The normalized spacial score (nSPS) is 12.5. The Morgan fingerprint density at radius 3 is 3.00 bits per heavy atom. The number of aryl methyl sites for hydroxylation is 1. The molecular formula is C16H19N5. The Bertz CT molecular complexity index is 678. The lowest BCUT2D eigenvalue weighted by Gasteiger charge is -2.18. The van der Waals surface area contributed by atoms with Gasteiger partial charge in [-0.1, -0.05) is 0 Å². The van der Waals surface area contributed by atoms with E-state index < -0.39 is 0 Å². The van der Waals surface area contributed by atoms with Crippen molar-refractivity contribution < 1.29 is 0 Å². The first kappa shape index (κ1) is 13.4. The van der Waals surface area contributed by atoms with E-state index in [1.54, 1.807) is 6.20 Å². The summed E-state index contributed by atoms with van der Waals surface area (Å²) in [6, 6.07) is 6.03. The van der Waals surface area contributed by atoms with Crippen molar-refractivity contribution in [1.82, 2.24) is 15.3 Å². The van der Waals surface area contributed by atoms with Crippen LogP contribution in [0, 0.1) is 6.92 Å². The summed E-state index contributed by atoms with van der Waals surface area (Å²) in [6.45, 7) is 5.76. The number of hydrogen-bond donors (Lipinski definition) is 3. The van der Waals surface area contributed by atoms with E-state index in [2.05, 4.69) is 45.0 Å². The van der Waals surface area contributed by atoms with E-state index in [0.29, 0.717) is 0 Å². The molecule has 0 saturated heterocycles. The minimum atomic E-state index is 0.796. The standard InChI is InChI=1S/C16H19N5/c1-3-18-16-13-10-17-6-5-12(13)9-15(21-16)20-14-8-11(2)4-7-19-14/h4-9,17H,3,10H2,1-2H3,(H2,18,19,20,21). The molecule has 0 unspecified atom stereocenters. The summed E-state index contributed by atoms with van der Waals surface area (Å²) < 4.78 is 0. The van der Waals surface area contributed by atoms with Gasteiger partial charge in [0.05, 0.1) is 0 Å². The van der Waals surface area contributed by atoms with E-state index in [0.717, 1.165) is 30.5 Å². The smallest absolute Gasteiger partial charge is 0.134 e. The molecule has 0 aromatic carbocycles. The summed E-state index contributed by atoms with van der Waals surface area (Å²) in [5, 5.41) is 9.83. The van der Waals surface area contributed by atoms with Gasteiger partial charge >= 0.3 is 0 Å². The van der Waals surface area contributed by atoms with Crippen LogP contribution in [-0.4, -0.2) is 16.5 Å². The molecule has 0 saturated carbocycles. The number of nitrogens with one attached hydrogen (secondary N) is 3. The van der Waals surface area contributed by atoms with E-state index in [4.69, 9.17) is 0 Å². The lowest BCUT2D eigenvalue weighted by atomic mass is 10.1. The molecule has 1 aliphatic heterocycles. The Balaban J connectivity index is 1.96. The van der Waals surface area contributed by atoms with E-state index in [9.17, 15) is 0 Å². The van der Waals surface area contributed by atoms with Crippen molar-refractivity contribution in [3.63, 3.8) is 0 Å². The molecule has 0 fully saturated rings. The molecule has 0 aliphatic carbocycles. The molecule has 108 valence electrons. The van der Waals surface area contributed by atoms with Gasteiger partial charge in [-0.15, -0.1) is 0 Å². The summed E-state index contributed by atoms with van der Waals surface area (Å²) in [5.41, 5.74) is 3.54. The molecule has 0 spiro atoms. The summed E-state index contributed by atoms with van der Waals surface area (Å²) in [6.07, 6.45) is 5.83. The Morgan fingerprint density at radius 1 is 1.29 bits per heavy atom. The fourth-order valence-corrected chi connectivity index (χ4v) is 2.35. The van der Waals surface area contributed by atoms with Crippen LogP contribution in [-0.2, 0) is 6.54 Å². The molecule has 3 N–H and O–H groups in total. The highest BCUT2D eigenvalue weighted by Gasteiger charge is 2.13. The zero-order valence-corrected chi connectivity index (χ0v) is 12.3. The number of pyridine rings is 2. The van der Waals surface area contributed by atoms with Crippen LogP contribution in [0.2, 0.25) is 0 Å². The fourth-order valence-electron chi connectivity index (χ4n) is 2.35. The van der Waals surface area contributed by atoms with Crippen molar-refractivity contribution >= 4 is 23.5 Å². The molecule has 0 amide bonds. The number of aromatic nitrogens is 2. The van der Waals surface area contributed by atoms with Crippen LogP contribution in [0.4, 0.5) is 17.5 Å². The number of fused-ring (bicyclic) bond motifs is 1. The number of hydrogen-bond acceptors (Lipinski definition) is 5. The SMILES string of the molecule is CCNc1nc(Nc2cc(C)ccn2)cc2c1CNC=C2. The summed E-state index contributed by atoms with van der Waals surface area (Å²) in [4.78, 5) is 8.99. The average molecular weight is 281 g/mol. The van der Waals surface area contributed by atoms with E-state index in [1.807, 2.05) is 25.3 Å².